The zero-order chi connectivity index (χ0) is 18.8. The van der Waals surface area contributed by atoms with Gasteiger partial charge >= 0.3 is 0 Å². The Morgan fingerprint density at radius 2 is 1.52 bits per heavy atom. The number of piperazine rings is 1. The molecule has 0 bridgehead atoms. The van der Waals surface area contributed by atoms with Crippen LogP contribution in [0.3, 0.4) is 0 Å². The Balaban J connectivity index is 1.37. The predicted molar refractivity (Wildman–Crippen MR) is 116 cm³/mol. The van der Waals surface area contributed by atoms with Crippen molar-refractivity contribution in [2.45, 2.75) is 57.4 Å². The van der Waals surface area contributed by atoms with Gasteiger partial charge in [0.05, 0.1) is 11.4 Å². The van der Waals surface area contributed by atoms with Gasteiger partial charge in [0.2, 0.25) is 0 Å². The molecular formula is C23H38N4. The second kappa shape index (κ2) is 8.40. The third kappa shape index (κ3) is 4.43. The first kappa shape index (κ1) is 19.1. The van der Waals surface area contributed by atoms with E-state index >= 15 is 0 Å². The van der Waals surface area contributed by atoms with Gasteiger partial charge in [0.25, 0.3) is 0 Å². The molecule has 1 aromatic carbocycles. The van der Waals surface area contributed by atoms with Gasteiger partial charge in [-0.15, -0.1) is 0 Å². The molecule has 0 atom stereocenters. The maximum atomic E-state index is 6.36. The molecule has 1 aliphatic carbocycles. The molecule has 0 radical (unpaired) electrons. The van der Waals surface area contributed by atoms with Crippen LogP contribution in [0.2, 0.25) is 0 Å². The molecule has 2 aliphatic heterocycles. The van der Waals surface area contributed by atoms with Crippen LogP contribution in [0.4, 0.5) is 11.4 Å². The molecule has 27 heavy (non-hydrogen) atoms. The van der Waals surface area contributed by atoms with Crippen LogP contribution in [0, 0.1) is 5.92 Å². The Hall–Kier alpha value is -1.26. The van der Waals surface area contributed by atoms with E-state index in [0.29, 0.717) is 0 Å². The Morgan fingerprint density at radius 1 is 0.852 bits per heavy atom. The summed E-state index contributed by atoms with van der Waals surface area (Å²) in [5.41, 5.74) is 10.1. The van der Waals surface area contributed by atoms with Crippen molar-refractivity contribution in [2.75, 3.05) is 56.9 Å². The molecular weight excluding hydrogens is 332 g/mol. The van der Waals surface area contributed by atoms with Crippen LogP contribution in [0.15, 0.2) is 18.2 Å². The van der Waals surface area contributed by atoms with E-state index in [-0.39, 0.29) is 0 Å². The number of likely N-dealkylation sites (N-methyl/N-ethyl adjacent to an activating group) is 1. The molecule has 0 unspecified atom stereocenters. The SMILES string of the molecule is CC1CCN(c2cc(C3CCC(N4CCN(C)CC4)CC3)ccc2N)CC1. The van der Waals surface area contributed by atoms with Gasteiger partial charge < -0.3 is 15.5 Å². The van der Waals surface area contributed by atoms with Crippen LogP contribution >= 0.6 is 0 Å². The second-order valence-corrected chi connectivity index (χ2v) is 9.33. The fraction of sp³-hybridized carbons (Fsp3) is 0.739. The lowest BCUT2D eigenvalue weighted by Gasteiger charge is -2.41. The van der Waals surface area contributed by atoms with E-state index in [9.17, 15) is 0 Å². The van der Waals surface area contributed by atoms with Gasteiger partial charge in [-0.25, -0.2) is 0 Å². The maximum Gasteiger partial charge on any atom is 0.0602 e. The molecule has 1 saturated carbocycles. The van der Waals surface area contributed by atoms with E-state index in [0.717, 1.165) is 36.7 Å². The highest BCUT2D eigenvalue weighted by molar-refractivity contribution is 5.69. The lowest BCUT2D eigenvalue weighted by molar-refractivity contribution is 0.0878. The monoisotopic (exact) mass is 370 g/mol. The van der Waals surface area contributed by atoms with Crippen LogP contribution in [0.5, 0.6) is 0 Å². The highest BCUT2D eigenvalue weighted by atomic mass is 15.3. The van der Waals surface area contributed by atoms with Crippen LogP contribution in [0.1, 0.15) is 56.9 Å². The normalized spacial score (nSPS) is 29.2. The highest BCUT2D eigenvalue weighted by Crippen LogP contribution is 2.38. The van der Waals surface area contributed by atoms with Crippen LogP contribution in [0.25, 0.3) is 0 Å². The van der Waals surface area contributed by atoms with Gasteiger partial charge in [-0.2, -0.15) is 0 Å². The number of hydrogen-bond donors (Lipinski definition) is 1. The van der Waals surface area contributed by atoms with E-state index in [1.165, 1.54) is 76.0 Å². The van der Waals surface area contributed by atoms with Crippen molar-refractivity contribution in [1.82, 2.24) is 9.80 Å². The summed E-state index contributed by atoms with van der Waals surface area (Å²) >= 11 is 0. The maximum absolute atomic E-state index is 6.36. The Kier molecular flexibility index (Phi) is 5.93. The average Bonchev–Trinajstić information content (AvgIpc) is 2.70. The van der Waals surface area contributed by atoms with E-state index in [2.05, 4.69) is 46.9 Å². The van der Waals surface area contributed by atoms with Crippen LogP contribution in [-0.2, 0) is 0 Å². The number of hydrogen-bond acceptors (Lipinski definition) is 4. The largest absolute Gasteiger partial charge is 0.397 e. The Bertz CT molecular complexity index is 607. The number of nitrogen functional groups attached to an aromatic ring is 1. The summed E-state index contributed by atoms with van der Waals surface area (Å²) in [5.74, 6) is 1.58. The molecule has 2 heterocycles. The first-order valence-corrected chi connectivity index (χ1v) is 11.2. The smallest absolute Gasteiger partial charge is 0.0602 e. The molecule has 2 saturated heterocycles. The first-order valence-electron chi connectivity index (χ1n) is 11.2. The number of nitrogens with zero attached hydrogens (tertiary/aromatic N) is 3. The van der Waals surface area contributed by atoms with Crippen molar-refractivity contribution in [3.8, 4) is 0 Å². The van der Waals surface area contributed by atoms with Gasteiger partial charge in [-0.1, -0.05) is 13.0 Å². The quantitative estimate of drug-likeness (QED) is 0.822. The van der Waals surface area contributed by atoms with Gasteiger partial charge in [0, 0.05) is 45.3 Å². The molecule has 150 valence electrons. The minimum Gasteiger partial charge on any atom is -0.397 e. The summed E-state index contributed by atoms with van der Waals surface area (Å²) in [5, 5.41) is 0. The van der Waals surface area contributed by atoms with Crippen molar-refractivity contribution in [3.05, 3.63) is 23.8 Å². The lowest BCUT2D eigenvalue weighted by Crippen LogP contribution is -2.49. The molecule has 4 heteroatoms. The molecule has 4 rings (SSSR count). The Morgan fingerprint density at radius 3 is 2.19 bits per heavy atom. The predicted octanol–water partition coefficient (Wildman–Crippen LogP) is 3.78. The van der Waals surface area contributed by atoms with Gasteiger partial charge in [-0.3, -0.25) is 4.90 Å². The third-order valence-electron chi connectivity index (χ3n) is 7.40. The fourth-order valence-corrected chi connectivity index (χ4v) is 5.30. The third-order valence-corrected chi connectivity index (χ3v) is 7.40. The first-order chi connectivity index (χ1) is 13.1. The summed E-state index contributed by atoms with van der Waals surface area (Å²) in [4.78, 5) is 7.73. The Labute approximate surface area is 165 Å². The molecule has 1 aromatic rings. The summed E-state index contributed by atoms with van der Waals surface area (Å²) in [6, 6.07) is 7.69. The molecule has 3 aliphatic rings. The van der Waals surface area contributed by atoms with Gasteiger partial charge in [0.1, 0.15) is 0 Å². The van der Waals surface area contributed by atoms with Gasteiger partial charge in [0.15, 0.2) is 0 Å². The van der Waals surface area contributed by atoms with Crippen molar-refractivity contribution in [3.63, 3.8) is 0 Å². The van der Waals surface area contributed by atoms with E-state index in [4.69, 9.17) is 5.73 Å². The van der Waals surface area contributed by atoms with Crippen molar-refractivity contribution in [1.29, 1.82) is 0 Å². The molecule has 4 nitrogen and oxygen atoms in total. The lowest BCUT2D eigenvalue weighted by atomic mass is 9.80. The minimum atomic E-state index is 0.719. The molecule has 0 spiro atoms. The number of piperidine rings is 1. The van der Waals surface area contributed by atoms with Crippen molar-refractivity contribution in [2.24, 2.45) is 5.92 Å². The summed E-state index contributed by atoms with van der Waals surface area (Å²) in [7, 11) is 2.25. The molecule has 3 fully saturated rings. The summed E-state index contributed by atoms with van der Waals surface area (Å²) in [6.45, 7) is 9.66. The van der Waals surface area contributed by atoms with Crippen molar-refractivity contribution >= 4 is 11.4 Å². The topological polar surface area (TPSA) is 35.7 Å². The molecule has 0 aromatic heterocycles. The van der Waals surface area contributed by atoms with Gasteiger partial charge in [-0.05, 0) is 75.1 Å². The number of anilines is 2. The van der Waals surface area contributed by atoms with E-state index in [1.807, 2.05) is 0 Å². The number of benzene rings is 1. The average molecular weight is 371 g/mol. The standard InChI is InChI=1S/C23H38N4/c1-18-9-11-27(12-10-18)23-17-20(5-8-22(23)24)19-3-6-21(7-4-19)26-15-13-25(2)14-16-26/h5,8,17-19,21H,3-4,6-7,9-16,24H2,1-2H3. The van der Waals surface area contributed by atoms with Crippen LogP contribution in [-0.4, -0.2) is 62.2 Å². The zero-order valence-corrected chi connectivity index (χ0v) is 17.4. The van der Waals surface area contributed by atoms with Crippen LogP contribution < -0.4 is 10.6 Å². The number of nitrogens with two attached hydrogens (primary N) is 1. The fourth-order valence-electron chi connectivity index (χ4n) is 5.30. The minimum absolute atomic E-state index is 0.719. The summed E-state index contributed by atoms with van der Waals surface area (Å²) < 4.78 is 0. The van der Waals surface area contributed by atoms with E-state index in [1.54, 1.807) is 0 Å². The summed E-state index contributed by atoms with van der Waals surface area (Å²) in [6.07, 6.45) is 7.96. The van der Waals surface area contributed by atoms with Crippen molar-refractivity contribution < 1.29 is 0 Å². The number of rotatable bonds is 3. The molecule has 0 amide bonds. The second-order valence-electron chi connectivity index (χ2n) is 9.33. The molecule has 2 N–H and O–H groups in total. The highest BCUT2D eigenvalue weighted by Gasteiger charge is 2.29. The zero-order valence-electron chi connectivity index (χ0n) is 17.4. The van der Waals surface area contributed by atoms with E-state index < -0.39 is 0 Å².